The van der Waals surface area contributed by atoms with Gasteiger partial charge in [-0.1, -0.05) is 12.1 Å². The number of aryl methyl sites for hydroxylation is 1. The third-order valence-corrected chi connectivity index (χ3v) is 4.61. The van der Waals surface area contributed by atoms with Crippen LogP contribution in [0.2, 0.25) is 0 Å². The lowest BCUT2D eigenvalue weighted by molar-refractivity contribution is -0.189. The van der Waals surface area contributed by atoms with Crippen molar-refractivity contribution in [2.24, 2.45) is 0 Å². The summed E-state index contributed by atoms with van der Waals surface area (Å²) >= 11 is 0. The van der Waals surface area contributed by atoms with Gasteiger partial charge < -0.3 is 14.2 Å². The van der Waals surface area contributed by atoms with E-state index in [-0.39, 0.29) is 22.8 Å². The molecule has 0 amide bonds. The summed E-state index contributed by atoms with van der Waals surface area (Å²) in [6, 6.07) is 9.55. The molecule has 9 nitrogen and oxygen atoms in total. The number of esters is 1. The molecule has 4 rings (SSSR count). The Hall–Kier alpha value is -4.22. The number of aromatic nitrogens is 4. The standard InChI is InChI=1S/C21H16F3N5O4/c1-10-15-13(31-2)8-9-14(32-3)16(15)27-19(25-10)29-20-26-12-7-5-4-6-11(12)17(28-20)33-18(30)21(22,23)24/h4-9H,1-3H3,(H,25,26,27,28,29). The monoisotopic (exact) mass is 459 g/mol. The number of carbonyl (C=O) groups excluding carboxylic acids is 1. The number of fused-ring (bicyclic) bond motifs is 2. The molecule has 0 unspecified atom stereocenters. The highest BCUT2D eigenvalue weighted by Crippen LogP contribution is 2.34. The van der Waals surface area contributed by atoms with Crippen molar-refractivity contribution in [1.82, 2.24) is 19.9 Å². The molecule has 2 aromatic carbocycles. The van der Waals surface area contributed by atoms with Gasteiger partial charge in [0.05, 0.1) is 36.2 Å². The summed E-state index contributed by atoms with van der Waals surface area (Å²) < 4.78 is 53.4. The van der Waals surface area contributed by atoms with Crippen molar-refractivity contribution in [3.8, 4) is 17.4 Å². The van der Waals surface area contributed by atoms with Crippen LogP contribution in [-0.2, 0) is 4.79 Å². The van der Waals surface area contributed by atoms with E-state index in [1.165, 1.54) is 26.4 Å². The number of halogens is 3. The van der Waals surface area contributed by atoms with Crippen molar-refractivity contribution >= 4 is 39.7 Å². The van der Waals surface area contributed by atoms with Crippen molar-refractivity contribution in [2.75, 3.05) is 19.5 Å². The predicted octanol–water partition coefficient (Wildman–Crippen LogP) is 4.11. The summed E-state index contributed by atoms with van der Waals surface area (Å²) in [5.41, 5.74) is 1.23. The van der Waals surface area contributed by atoms with E-state index in [1.54, 1.807) is 31.2 Å². The van der Waals surface area contributed by atoms with Crippen LogP contribution in [0.5, 0.6) is 17.4 Å². The van der Waals surface area contributed by atoms with E-state index in [2.05, 4.69) is 30.0 Å². The lowest BCUT2D eigenvalue weighted by atomic mass is 10.1. The van der Waals surface area contributed by atoms with E-state index in [4.69, 9.17) is 9.47 Å². The predicted molar refractivity (Wildman–Crippen MR) is 112 cm³/mol. The number of nitrogens with one attached hydrogen (secondary N) is 1. The highest BCUT2D eigenvalue weighted by atomic mass is 19.4. The summed E-state index contributed by atoms with van der Waals surface area (Å²) in [5.74, 6) is -2.07. The second kappa shape index (κ2) is 8.37. The van der Waals surface area contributed by atoms with Crippen LogP contribution in [0.1, 0.15) is 5.69 Å². The van der Waals surface area contributed by atoms with Crippen molar-refractivity contribution in [3.05, 3.63) is 42.1 Å². The van der Waals surface area contributed by atoms with E-state index in [0.29, 0.717) is 28.1 Å². The van der Waals surface area contributed by atoms with Gasteiger partial charge in [0.1, 0.15) is 17.0 Å². The quantitative estimate of drug-likeness (QED) is 0.441. The number of alkyl halides is 3. The summed E-state index contributed by atoms with van der Waals surface area (Å²) in [7, 11) is 3.00. The van der Waals surface area contributed by atoms with Crippen molar-refractivity contribution < 1.29 is 32.2 Å². The lowest BCUT2D eigenvalue weighted by Crippen LogP contribution is -2.28. The second-order valence-electron chi connectivity index (χ2n) is 6.71. The number of anilines is 2. The Labute approximate surface area is 184 Å². The van der Waals surface area contributed by atoms with Crippen LogP contribution in [0.3, 0.4) is 0 Å². The maximum atomic E-state index is 12.7. The maximum absolute atomic E-state index is 12.7. The molecule has 170 valence electrons. The molecule has 2 heterocycles. The maximum Gasteiger partial charge on any atom is 0.491 e. The Bertz CT molecular complexity index is 1380. The molecule has 4 aromatic rings. The third kappa shape index (κ3) is 4.27. The molecule has 0 spiro atoms. The van der Waals surface area contributed by atoms with Gasteiger partial charge in [0.15, 0.2) is 0 Å². The molecule has 0 aliphatic rings. The van der Waals surface area contributed by atoms with E-state index < -0.39 is 18.0 Å². The van der Waals surface area contributed by atoms with Gasteiger partial charge in [0.25, 0.3) is 0 Å². The molecule has 12 heteroatoms. The van der Waals surface area contributed by atoms with Crippen LogP contribution < -0.4 is 19.5 Å². The Morgan fingerprint density at radius 3 is 2.27 bits per heavy atom. The zero-order valence-corrected chi connectivity index (χ0v) is 17.5. The number of ether oxygens (including phenoxy) is 3. The zero-order valence-electron chi connectivity index (χ0n) is 17.5. The highest BCUT2D eigenvalue weighted by Gasteiger charge is 2.42. The van der Waals surface area contributed by atoms with Crippen LogP contribution >= 0.6 is 0 Å². The molecule has 0 radical (unpaired) electrons. The zero-order chi connectivity index (χ0) is 23.8. The van der Waals surface area contributed by atoms with Crippen molar-refractivity contribution in [2.45, 2.75) is 13.1 Å². The summed E-state index contributed by atoms with van der Waals surface area (Å²) in [5, 5.41) is 3.51. The van der Waals surface area contributed by atoms with Gasteiger partial charge in [-0.25, -0.2) is 19.7 Å². The van der Waals surface area contributed by atoms with Crippen LogP contribution in [0, 0.1) is 6.92 Å². The van der Waals surface area contributed by atoms with Crippen LogP contribution in [0.4, 0.5) is 25.1 Å². The molecule has 1 N–H and O–H groups in total. The normalized spacial score (nSPS) is 11.5. The van der Waals surface area contributed by atoms with Gasteiger partial charge >= 0.3 is 12.1 Å². The molecule has 0 fully saturated rings. The molecule has 0 aliphatic heterocycles. The largest absolute Gasteiger partial charge is 0.496 e. The topological polar surface area (TPSA) is 108 Å². The van der Waals surface area contributed by atoms with E-state index in [0.717, 1.165) is 0 Å². The number of carbonyl (C=O) groups is 1. The molecule has 0 saturated carbocycles. The third-order valence-electron chi connectivity index (χ3n) is 4.61. The van der Waals surface area contributed by atoms with E-state index in [9.17, 15) is 18.0 Å². The fourth-order valence-electron chi connectivity index (χ4n) is 3.18. The minimum Gasteiger partial charge on any atom is -0.496 e. The Morgan fingerprint density at radius 2 is 1.58 bits per heavy atom. The summed E-state index contributed by atoms with van der Waals surface area (Å²) in [6.07, 6.45) is -5.19. The molecule has 0 aliphatic carbocycles. The first-order valence-corrected chi connectivity index (χ1v) is 9.43. The first-order valence-electron chi connectivity index (χ1n) is 9.43. The van der Waals surface area contributed by atoms with Gasteiger partial charge in [0, 0.05) is 0 Å². The lowest BCUT2D eigenvalue weighted by Gasteiger charge is -2.13. The molecule has 0 saturated heterocycles. The second-order valence-corrected chi connectivity index (χ2v) is 6.71. The Kier molecular flexibility index (Phi) is 5.58. The minimum absolute atomic E-state index is 0.0509. The number of methoxy groups -OCH3 is 2. The number of hydrogen-bond acceptors (Lipinski definition) is 9. The van der Waals surface area contributed by atoms with Gasteiger partial charge in [-0.2, -0.15) is 18.2 Å². The van der Waals surface area contributed by atoms with Crippen LogP contribution in [-0.4, -0.2) is 46.3 Å². The van der Waals surface area contributed by atoms with Gasteiger partial charge in [0.2, 0.25) is 17.8 Å². The van der Waals surface area contributed by atoms with Crippen LogP contribution in [0.25, 0.3) is 21.8 Å². The van der Waals surface area contributed by atoms with Gasteiger partial charge in [-0.15, -0.1) is 0 Å². The van der Waals surface area contributed by atoms with Crippen LogP contribution in [0.15, 0.2) is 36.4 Å². The number of para-hydroxylation sites is 1. The van der Waals surface area contributed by atoms with Crippen molar-refractivity contribution in [1.29, 1.82) is 0 Å². The SMILES string of the molecule is COc1ccc(OC)c2c(C)nc(Nc3nc(OC(=O)C(F)(F)F)c4ccccc4n3)nc12. The molecule has 0 atom stereocenters. The fraction of sp³-hybridized carbons (Fsp3) is 0.190. The molecule has 33 heavy (non-hydrogen) atoms. The number of hydrogen-bond donors (Lipinski definition) is 1. The first kappa shape index (κ1) is 22.0. The average molecular weight is 459 g/mol. The molecule has 0 bridgehead atoms. The van der Waals surface area contributed by atoms with Gasteiger partial charge in [-0.05, 0) is 31.2 Å². The van der Waals surface area contributed by atoms with E-state index >= 15 is 0 Å². The highest BCUT2D eigenvalue weighted by molar-refractivity contribution is 5.93. The van der Waals surface area contributed by atoms with Crippen molar-refractivity contribution in [3.63, 3.8) is 0 Å². The molecule has 2 aromatic heterocycles. The van der Waals surface area contributed by atoms with E-state index in [1.807, 2.05) is 0 Å². The summed E-state index contributed by atoms with van der Waals surface area (Å²) in [4.78, 5) is 28.4. The number of rotatable bonds is 5. The minimum atomic E-state index is -5.19. The number of nitrogens with zero attached hydrogens (tertiary/aromatic N) is 4. The van der Waals surface area contributed by atoms with Gasteiger partial charge in [-0.3, -0.25) is 5.32 Å². The Morgan fingerprint density at radius 1 is 0.909 bits per heavy atom. The number of benzene rings is 2. The fourth-order valence-corrected chi connectivity index (χ4v) is 3.18. The first-order chi connectivity index (χ1) is 15.7. The smallest absolute Gasteiger partial charge is 0.491 e. The Balaban J connectivity index is 1.80. The molecular formula is C21H16F3N5O4. The summed E-state index contributed by atoms with van der Waals surface area (Å²) in [6.45, 7) is 1.73. The average Bonchev–Trinajstić information content (AvgIpc) is 2.77. The molecular weight excluding hydrogens is 443 g/mol.